The van der Waals surface area contributed by atoms with Crippen LogP contribution in [0.2, 0.25) is 0 Å². The van der Waals surface area contributed by atoms with E-state index in [1.54, 1.807) is 30.3 Å². The normalized spacial score (nSPS) is 32.6. The van der Waals surface area contributed by atoms with Crippen LogP contribution in [0, 0.1) is 39.4 Å². The Labute approximate surface area is 128 Å². The van der Waals surface area contributed by atoms with Crippen molar-refractivity contribution in [1.82, 2.24) is 0 Å². The Balaban J connectivity index is 2.10. The summed E-state index contributed by atoms with van der Waals surface area (Å²) in [6, 6.07) is 10.1. The smallest absolute Gasteiger partial charge is 0.270 e. The van der Waals surface area contributed by atoms with Gasteiger partial charge in [0.25, 0.3) is 5.91 Å². The molecule has 1 saturated carbocycles. The molecule has 0 aromatic heterocycles. The van der Waals surface area contributed by atoms with Gasteiger partial charge in [-0.1, -0.05) is 28.1 Å². The summed E-state index contributed by atoms with van der Waals surface area (Å²) in [5.74, 6) is -2.59. The Morgan fingerprint density at radius 2 is 1.81 bits per heavy atom. The maximum atomic E-state index is 12.6. The topological polar surface area (TPSA) is 120 Å². The third-order valence-corrected chi connectivity index (χ3v) is 4.64. The molecule has 1 heterocycles. The largest absolute Gasteiger partial charge is 0.386 e. The number of aliphatic imine (C=N–C) groups is 1. The molecule has 7 heteroatoms. The number of rotatable bonds is 2. The zero-order chi connectivity index (χ0) is 15.4. The van der Waals surface area contributed by atoms with E-state index in [0.29, 0.717) is 5.56 Å². The molecule has 0 unspecified atom stereocenters. The van der Waals surface area contributed by atoms with Gasteiger partial charge in [-0.3, -0.25) is 9.59 Å². The molecule has 1 aromatic rings. The van der Waals surface area contributed by atoms with Gasteiger partial charge < -0.3 is 5.73 Å². The van der Waals surface area contributed by atoms with Crippen molar-refractivity contribution in [2.75, 3.05) is 0 Å². The van der Waals surface area contributed by atoms with Crippen LogP contribution in [0.1, 0.15) is 10.4 Å². The molecular formula is C14H7BrN4O2. The standard InChI is InChI=1S/C14H7BrN4O2/c15-8-3-1-7(2-4-8)9(20)10-13(5-16)11(18)19-12(21)14(10,13)6-17/h1-4,10H,(H2,18,19,21)/t10-,13+,14+/m1/s1. The van der Waals surface area contributed by atoms with Crippen molar-refractivity contribution < 1.29 is 9.59 Å². The average molecular weight is 343 g/mol. The van der Waals surface area contributed by atoms with Gasteiger partial charge in [0.15, 0.2) is 16.6 Å². The maximum Gasteiger partial charge on any atom is 0.270 e. The van der Waals surface area contributed by atoms with E-state index < -0.39 is 28.4 Å². The van der Waals surface area contributed by atoms with Crippen molar-refractivity contribution in [1.29, 1.82) is 10.5 Å². The van der Waals surface area contributed by atoms with E-state index in [-0.39, 0.29) is 5.84 Å². The second kappa shape index (κ2) is 4.00. The van der Waals surface area contributed by atoms with Crippen LogP contribution in [0.5, 0.6) is 0 Å². The summed E-state index contributed by atoms with van der Waals surface area (Å²) in [6.45, 7) is 0. The first kappa shape index (κ1) is 13.5. The number of carbonyl (C=O) groups is 2. The van der Waals surface area contributed by atoms with Gasteiger partial charge in [0.05, 0.1) is 18.1 Å². The number of hydrogen-bond acceptors (Lipinski definition) is 5. The summed E-state index contributed by atoms with van der Waals surface area (Å²) in [4.78, 5) is 28.0. The van der Waals surface area contributed by atoms with Crippen LogP contribution in [0.3, 0.4) is 0 Å². The van der Waals surface area contributed by atoms with Gasteiger partial charge in [-0.15, -0.1) is 0 Å². The molecular weight excluding hydrogens is 336 g/mol. The third-order valence-electron chi connectivity index (χ3n) is 4.11. The number of carbonyl (C=O) groups excluding carboxylic acids is 2. The predicted octanol–water partition coefficient (Wildman–Crippen LogP) is 1.18. The minimum Gasteiger partial charge on any atom is -0.386 e. The van der Waals surface area contributed by atoms with Crippen LogP contribution in [-0.4, -0.2) is 17.5 Å². The average Bonchev–Trinajstić information content (AvgIpc) is 3.05. The number of fused-ring (bicyclic) bond motifs is 1. The van der Waals surface area contributed by atoms with Crippen molar-refractivity contribution >= 4 is 33.5 Å². The van der Waals surface area contributed by atoms with Crippen LogP contribution in [0.4, 0.5) is 0 Å². The van der Waals surface area contributed by atoms with E-state index in [0.717, 1.165) is 4.47 Å². The van der Waals surface area contributed by atoms with Gasteiger partial charge in [0.1, 0.15) is 5.84 Å². The summed E-state index contributed by atoms with van der Waals surface area (Å²) < 4.78 is 0.789. The number of ketones is 1. The summed E-state index contributed by atoms with van der Waals surface area (Å²) in [5.41, 5.74) is 2.57. The van der Waals surface area contributed by atoms with Crippen molar-refractivity contribution in [2.45, 2.75) is 0 Å². The fourth-order valence-electron chi connectivity index (χ4n) is 2.99. The van der Waals surface area contributed by atoms with Gasteiger partial charge >= 0.3 is 0 Å². The Morgan fingerprint density at radius 1 is 1.24 bits per heavy atom. The van der Waals surface area contributed by atoms with E-state index in [2.05, 4.69) is 20.9 Å². The molecule has 3 atom stereocenters. The Kier molecular flexibility index (Phi) is 2.56. The molecule has 1 amide bonds. The summed E-state index contributed by atoms with van der Waals surface area (Å²) in [5, 5.41) is 18.7. The molecule has 0 bridgehead atoms. The molecule has 21 heavy (non-hydrogen) atoms. The first-order valence-corrected chi connectivity index (χ1v) is 6.76. The quantitative estimate of drug-likeness (QED) is 0.809. The molecule has 0 saturated heterocycles. The number of amidine groups is 1. The zero-order valence-corrected chi connectivity index (χ0v) is 12.1. The van der Waals surface area contributed by atoms with E-state index in [1.807, 2.05) is 6.07 Å². The molecule has 3 rings (SSSR count). The van der Waals surface area contributed by atoms with Crippen molar-refractivity contribution in [3.05, 3.63) is 34.3 Å². The summed E-state index contributed by atoms with van der Waals surface area (Å²) in [6.07, 6.45) is 0. The Hall–Kier alpha value is -2.51. The van der Waals surface area contributed by atoms with Gasteiger partial charge in [0.2, 0.25) is 0 Å². The van der Waals surface area contributed by atoms with E-state index in [4.69, 9.17) is 5.73 Å². The van der Waals surface area contributed by atoms with Crippen molar-refractivity contribution in [3.8, 4) is 12.1 Å². The maximum absolute atomic E-state index is 12.6. The highest BCUT2D eigenvalue weighted by atomic mass is 79.9. The molecule has 102 valence electrons. The fourth-order valence-corrected chi connectivity index (χ4v) is 3.25. The van der Waals surface area contributed by atoms with Crippen LogP contribution in [0.25, 0.3) is 0 Å². The first-order valence-electron chi connectivity index (χ1n) is 5.97. The summed E-state index contributed by atoms with van der Waals surface area (Å²) in [7, 11) is 0. The lowest BCUT2D eigenvalue weighted by atomic mass is 9.97. The van der Waals surface area contributed by atoms with E-state index in [1.165, 1.54) is 0 Å². The van der Waals surface area contributed by atoms with Crippen LogP contribution in [0.15, 0.2) is 33.7 Å². The molecule has 1 aliphatic heterocycles. The molecule has 2 N–H and O–H groups in total. The Bertz CT molecular complexity index is 802. The van der Waals surface area contributed by atoms with Crippen molar-refractivity contribution in [3.63, 3.8) is 0 Å². The number of hydrogen-bond donors (Lipinski definition) is 1. The van der Waals surface area contributed by atoms with Crippen molar-refractivity contribution in [2.24, 2.45) is 27.5 Å². The third kappa shape index (κ3) is 1.32. The van der Waals surface area contributed by atoms with Crippen LogP contribution in [-0.2, 0) is 4.79 Å². The molecule has 1 aromatic carbocycles. The second-order valence-corrected chi connectivity index (χ2v) is 5.86. The lowest BCUT2D eigenvalue weighted by molar-refractivity contribution is -0.121. The number of halogens is 1. The van der Waals surface area contributed by atoms with E-state index in [9.17, 15) is 20.1 Å². The highest BCUT2D eigenvalue weighted by Crippen LogP contribution is 2.72. The molecule has 6 nitrogen and oxygen atoms in total. The minimum atomic E-state index is -1.77. The lowest BCUT2D eigenvalue weighted by Crippen LogP contribution is -2.27. The highest BCUT2D eigenvalue weighted by Gasteiger charge is 2.90. The van der Waals surface area contributed by atoms with E-state index >= 15 is 0 Å². The van der Waals surface area contributed by atoms with Crippen LogP contribution >= 0.6 is 15.9 Å². The second-order valence-electron chi connectivity index (χ2n) is 4.95. The zero-order valence-electron chi connectivity index (χ0n) is 10.5. The highest BCUT2D eigenvalue weighted by molar-refractivity contribution is 9.10. The monoisotopic (exact) mass is 342 g/mol. The molecule has 1 fully saturated rings. The molecule has 0 spiro atoms. The van der Waals surface area contributed by atoms with Gasteiger partial charge in [-0.05, 0) is 12.1 Å². The number of nitriles is 2. The number of amides is 1. The van der Waals surface area contributed by atoms with Gasteiger partial charge in [-0.2, -0.15) is 15.5 Å². The first-order chi connectivity index (χ1) is 9.95. The molecule has 2 aliphatic rings. The number of nitrogens with zero attached hydrogens (tertiary/aromatic N) is 3. The number of Topliss-reactive ketones (excluding diaryl/α,β-unsaturated/α-hetero) is 1. The van der Waals surface area contributed by atoms with Crippen LogP contribution < -0.4 is 5.73 Å². The van der Waals surface area contributed by atoms with Gasteiger partial charge in [-0.25, -0.2) is 0 Å². The summed E-state index contributed by atoms with van der Waals surface area (Å²) >= 11 is 3.25. The Morgan fingerprint density at radius 3 is 2.29 bits per heavy atom. The number of nitrogens with two attached hydrogens (primary N) is 1. The minimum absolute atomic E-state index is 0.244. The molecule has 0 radical (unpaired) electrons. The lowest BCUT2D eigenvalue weighted by Gasteiger charge is -2.05. The van der Waals surface area contributed by atoms with Gasteiger partial charge in [0, 0.05) is 10.0 Å². The SMILES string of the molecule is N#C[C@]12C(=O)N=C(N)[C@]1(C#N)[C@H]2C(=O)c1ccc(Br)cc1. The number of benzene rings is 1. The fraction of sp³-hybridized carbons (Fsp3) is 0.214. The predicted molar refractivity (Wildman–Crippen MR) is 74.7 cm³/mol. The molecule has 1 aliphatic carbocycles.